The number of likely N-dealkylation sites (tertiary alicyclic amines) is 1. The van der Waals surface area contributed by atoms with Gasteiger partial charge < -0.3 is 0 Å². The molecule has 127 heavy (non-hydrogen) atoms. The van der Waals surface area contributed by atoms with E-state index in [1.54, 1.807) is 494 Å². The van der Waals surface area contributed by atoms with Gasteiger partial charge in [0.25, 0.3) is 0 Å². The minimum Gasteiger partial charge on any atom is -0.295 e. The summed E-state index contributed by atoms with van der Waals surface area (Å²) in [6, 6.07) is 10.2. The van der Waals surface area contributed by atoms with E-state index in [-0.39, 0.29) is 0 Å². The SMILES string of the molecule is C1CCC(C2CCC(N(C3CCC(C4CCCCC4)CC3)C3CC4C5B(C6CCC(C7CCC8CCCC9C%10CCCC%11CCCC(C%11%10)C7C89)CC6N4C4C(C6CCCCC6)CC(C6CCCCC6)CC4C4CCCCC4)C4CCC(N6C7CCCCC7C7CCCCC76)CC4N(C4C(C6CCCCC6)CC(C6CCCCC6)CC4C4CCCCC4)C5C3)CC2)CC1. The molecular weight excluding hydrogens is 1530 g/mol. The highest BCUT2D eigenvalue weighted by molar-refractivity contribution is 6.65. The standard InChI is InChI=1S/C122H201BN4/c1-9-32-80(33-10-1)84-58-64-95(65-59-84)124(96-66-60-85(61-67-96)81-34-11-2-12-35-81)98-78-115-120-116(79-98)127(122-107(88-44-21-7-22-45-88)74-94(83-38-15-4-16-39-83)75-108(122)89-46-23-8-24-47-89)114-77-97(125-111-56-27-25-51-100(111)101-52-26-28-57-112(101)125)68-71-110(114)123(120)109-70-63-92(99-69-62-91-50-30-54-103-102-53-29-48-90-49-31-55-104(117(90)102)119(99)118(91)103)76-113(109)126(115)121-105(86-40-17-5-18-41-86)72-93(82-36-13-3-14-37-82)73-106(121)87-42-19-6-20-43-87/h80-122H,1-79H2. The van der Waals surface area contributed by atoms with E-state index in [2.05, 4.69) is 19.6 Å². The maximum absolute atomic E-state index is 4.21. The van der Waals surface area contributed by atoms with Gasteiger partial charge in [-0.25, -0.2) is 0 Å². The van der Waals surface area contributed by atoms with E-state index in [0.29, 0.717) is 0 Å². The molecule has 3 heterocycles. The third-order valence-electron chi connectivity index (χ3n) is 51.1. The van der Waals surface area contributed by atoms with E-state index >= 15 is 0 Å². The predicted molar refractivity (Wildman–Crippen MR) is 532 cm³/mol. The molecule has 0 spiro atoms. The molecule has 0 aromatic heterocycles. The van der Waals surface area contributed by atoms with Crippen LogP contribution in [0.1, 0.15) is 507 Å². The monoisotopic (exact) mass is 1730 g/mol. The van der Waals surface area contributed by atoms with Gasteiger partial charge in [-0.15, -0.1) is 0 Å². The molecule has 0 aromatic carbocycles. The van der Waals surface area contributed by atoms with Gasteiger partial charge in [0.1, 0.15) is 0 Å². The van der Waals surface area contributed by atoms with Crippen molar-refractivity contribution in [1.29, 1.82) is 0 Å². The zero-order valence-electron chi connectivity index (χ0n) is 83.1. The normalized spacial score (nSPS) is 49.9. The molecule has 25 aliphatic rings. The van der Waals surface area contributed by atoms with Gasteiger partial charge in [-0.2, -0.15) is 0 Å². The summed E-state index contributed by atoms with van der Waals surface area (Å²) >= 11 is 0. The first-order valence-electron chi connectivity index (χ1n) is 62.1. The number of hydrogen-bond acceptors (Lipinski definition) is 4. The number of fused-ring (bicyclic) bond motifs is 9. The minimum atomic E-state index is 0.781. The van der Waals surface area contributed by atoms with Gasteiger partial charge in [0, 0.05) is 72.5 Å². The van der Waals surface area contributed by atoms with Crippen LogP contribution < -0.4 is 0 Å². The molecule has 25 fully saturated rings. The van der Waals surface area contributed by atoms with Crippen molar-refractivity contribution >= 4 is 6.71 Å². The largest absolute Gasteiger partial charge is 0.295 e. The molecule has 22 aliphatic carbocycles. The lowest BCUT2D eigenvalue weighted by Gasteiger charge is -2.73. The lowest BCUT2D eigenvalue weighted by molar-refractivity contribution is -0.171. The maximum atomic E-state index is 4.21. The molecule has 27 unspecified atom stereocenters. The Morgan fingerprint density at radius 1 is 0.157 bits per heavy atom. The first-order valence-corrected chi connectivity index (χ1v) is 62.1. The van der Waals surface area contributed by atoms with Gasteiger partial charge in [0.15, 0.2) is 6.71 Å². The van der Waals surface area contributed by atoms with Gasteiger partial charge in [-0.05, 0) is 350 Å². The highest BCUT2D eigenvalue weighted by Crippen LogP contribution is 2.73. The van der Waals surface area contributed by atoms with E-state index in [1.165, 1.54) is 12.8 Å². The number of rotatable bonds is 15. The Balaban J connectivity index is 0.693. The van der Waals surface area contributed by atoms with Crippen LogP contribution in [0.2, 0.25) is 17.5 Å². The molecule has 3 aliphatic heterocycles. The van der Waals surface area contributed by atoms with Crippen molar-refractivity contribution < 1.29 is 0 Å². The fourth-order valence-corrected chi connectivity index (χ4v) is 46.9. The molecule has 27 atom stereocenters. The Bertz CT molecular complexity index is 3330. The van der Waals surface area contributed by atoms with Crippen molar-refractivity contribution in [3.05, 3.63) is 0 Å². The molecule has 0 aromatic rings. The third-order valence-corrected chi connectivity index (χ3v) is 51.1. The quantitative estimate of drug-likeness (QED) is 0.152. The topological polar surface area (TPSA) is 13.0 Å². The summed E-state index contributed by atoms with van der Waals surface area (Å²) in [5.74, 6) is 31.8. The molecule has 4 nitrogen and oxygen atoms in total. The molecule has 25 rings (SSSR count). The van der Waals surface area contributed by atoms with Crippen LogP contribution in [0.5, 0.6) is 0 Å². The average molecular weight is 1730 g/mol. The Labute approximate surface area is 784 Å². The van der Waals surface area contributed by atoms with Crippen LogP contribution >= 0.6 is 0 Å². The number of hydrogen-bond donors (Lipinski definition) is 0. The summed E-state index contributed by atoms with van der Waals surface area (Å²) < 4.78 is 0. The van der Waals surface area contributed by atoms with Crippen LogP contribution in [0.25, 0.3) is 0 Å². The van der Waals surface area contributed by atoms with Crippen molar-refractivity contribution in [2.45, 2.75) is 597 Å². The Kier molecular flexibility index (Phi) is 27.5. The van der Waals surface area contributed by atoms with E-state index in [9.17, 15) is 0 Å². The fraction of sp³-hybridized carbons (Fsp3) is 1.00. The first kappa shape index (κ1) is 88.3. The van der Waals surface area contributed by atoms with Crippen molar-refractivity contribution in [3.63, 3.8) is 0 Å². The molecule has 0 N–H and O–H groups in total. The molecule has 712 valence electrons. The molecule has 0 amide bonds. The van der Waals surface area contributed by atoms with Crippen molar-refractivity contribution in [3.8, 4) is 0 Å². The zero-order valence-corrected chi connectivity index (χ0v) is 83.1. The second-order valence-electron chi connectivity index (χ2n) is 55.4. The Morgan fingerprint density at radius 3 is 0.913 bits per heavy atom. The fourth-order valence-electron chi connectivity index (χ4n) is 46.9. The summed E-state index contributed by atoms with van der Waals surface area (Å²) in [7, 11) is 0. The maximum Gasteiger partial charge on any atom is 0.156 e. The summed E-state index contributed by atoms with van der Waals surface area (Å²) in [5, 5.41) is 0. The second-order valence-corrected chi connectivity index (χ2v) is 55.4. The molecule has 0 bridgehead atoms. The van der Waals surface area contributed by atoms with Crippen LogP contribution in [0.3, 0.4) is 0 Å². The van der Waals surface area contributed by atoms with Crippen LogP contribution in [0.15, 0.2) is 0 Å². The van der Waals surface area contributed by atoms with E-state index in [1.807, 2.05) is 0 Å². The Morgan fingerprint density at radius 2 is 0.480 bits per heavy atom. The average Bonchev–Trinajstić information content (AvgIpc) is 0.944. The first-order chi connectivity index (χ1) is 63.0. The molecule has 22 saturated carbocycles. The zero-order chi connectivity index (χ0) is 83.6. The van der Waals surface area contributed by atoms with Crippen LogP contribution in [-0.2, 0) is 0 Å². The highest BCUT2D eigenvalue weighted by atomic mass is 15.3. The van der Waals surface area contributed by atoms with Crippen LogP contribution in [-0.4, -0.2) is 98.8 Å². The summed E-state index contributed by atoms with van der Waals surface area (Å²) in [4.78, 5) is 15.9. The van der Waals surface area contributed by atoms with E-state index in [0.717, 1.165) is 262 Å². The highest BCUT2D eigenvalue weighted by Gasteiger charge is 2.71. The summed E-state index contributed by atoms with van der Waals surface area (Å²) in [6.07, 6.45) is 126. The van der Waals surface area contributed by atoms with Crippen molar-refractivity contribution in [1.82, 2.24) is 19.6 Å². The van der Waals surface area contributed by atoms with Gasteiger partial charge >= 0.3 is 0 Å². The number of nitrogens with zero attached hydrogens (tertiary/aromatic N) is 4. The second kappa shape index (κ2) is 39.5. The van der Waals surface area contributed by atoms with E-state index < -0.39 is 0 Å². The molecule has 3 saturated heterocycles. The molecule has 5 heteroatoms. The predicted octanol–water partition coefficient (Wildman–Crippen LogP) is 32.6. The third kappa shape index (κ3) is 16.8. The van der Waals surface area contributed by atoms with Gasteiger partial charge in [-0.3, -0.25) is 19.6 Å². The minimum absolute atomic E-state index is 0.781. The summed E-state index contributed by atoms with van der Waals surface area (Å²) in [5.41, 5.74) is 0. The van der Waals surface area contributed by atoms with Crippen molar-refractivity contribution in [2.75, 3.05) is 0 Å². The lowest BCUT2D eigenvalue weighted by Crippen LogP contribution is -2.78. The summed E-state index contributed by atoms with van der Waals surface area (Å²) in [6.45, 7) is 0.976. The van der Waals surface area contributed by atoms with Gasteiger partial charge in [0.05, 0.1) is 0 Å². The van der Waals surface area contributed by atoms with Gasteiger partial charge in [0.2, 0.25) is 0 Å². The van der Waals surface area contributed by atoms with Crippen LogP contribution in [0, 0.1) is 166 Å². The molecular formula is C122H201BN4. The van der Waals surface area contributed by atoms with Crippen molar-refractivity contribution in [2.24, 2.45) is 166 Å². The Hall–Kier alpha value is -0.0951. The lowest BCUT2D eigenvalue weighted by atomic mass is 9.18. The smallest absolute Gasteiger partial charge is 0.156 e. The van der Waals surface area contributed by atoms with Crippen LogP contribution in [0.4, 0.5) is 0 Å². The van der Waals surface area contributed by atoms with Gasteiger partial charge in [-0.1, -0.05) is 340 Å². The molecule has 0 radical (unpaired) electrons. The van der Waals surface area contributed by atoms with E-state index in [4.69, 9.17) is 0 Å².